The van der Waals surface area contributed by atoms with Crippen LogP contribution in [0.25, 0.3) is 5.69 Å². The third kappa shape index (κ3) is 6.05. The minimum atomic E-state index is -0.564. The van der Waals surface area contributed by atoms with Gasteiger partial charge in [0.1, 0.15) is 5.60 Å². The predicted octanol–water partition coefficient (Wildman–Crippen LogP) is 5.06. The second-order valence-electron chi connectivity index (χ2n) is 7.73. The smallest absolute Gasteiger partial charge is 0.412 e. The lowest BCUT2D eigenvalue weighted by atomic mass is 10.1. The Kier molecular flexibility index (Phi) is 6.37. The van der Waals surface area contributed by atoms with Crippen molar-refractivity contribution in [2.75, 3.05) is 10.6 Å². The molecule has 0 saturated heterocycles. The average molecular weight is 425 g/mol. The molecule has 156 valence electrons. The lowest BCUT2D eigenvalue weighted by Gasteiger charge is -2.19. The van der Waals surface area contributed by atoms with Gasteiger partial charge in [-0.05, 0) is 68.9 Å². The van der Waals surface area contributed by atoms with Crippen molar-refractivity contribution in [1.82, 2.24) is 9.55 Å². The average Bonchev–Trinajstić information content (AvgIpc) is 3.08. The third-order valence-corrected chi connectivity index (χ3v) is 4.34. The molecule has 0 bridgehead atoms. The molecule has 0 atom stereocenters. The molecule has 0 unspecified atom stereocenters. The van der Waals surface area contributed by atoms with Crippen molar-refractivity contribution in [1.29, 1.82) is 0 Å². The molecule has 3 aromatic rings. The summed E-state index contributed by atoms with van der Waals surface area (Å²) in [5, 5.41) is 5.57. The summed E-state index contributed by atoms with van der Waals surface area (Å²) >= 11 is 5.23. The standard InChI is InChI=1S/C22H24N4O3S/c1-22(2,3)29-21(28)25-16-9-7-15(8-10-16)13-19(27)24-17-5-4-6-18(14-17)26-12-11-23-20(26)30/h4-12,14H,13H2,1-3H3,(H,23,30)(H,24,27)(H,25,28). The summed E-state index contributed by atoms with van der Waals surface area (Å²) in [5.41, 5.74) is 2.40. The number of nitrogens with one attached hydrogen (secondary N) is 3. The second-order valence-corrected chi connectivity index (χ2v) is 8.12. The first-order valence-corrected chi connectivity index (χ1v) is 9.86. The number of rotatable bonds is 5. The molecule has 0 aliphatic rings. The number of amides is 2. The number of ether oxygens (including phenoxy) is 1. The number of carbonyl (C=O) groups is 2. The van der Waals surface area contributed by atoms with Gasteiger partial charge >= 0.3 is 6.09 Å². The van der Waals surface area contributed by atoms with Gasteiger partial charge in [-0.2, -0.15) is 0 Å². The van der Waals surface area contributed by atoms with E-state index in [4.69, 9.17) is 17.0 Å². The van der Waals surface area contributed by atoms with Crippen LogP contribution in [0.3, 0.4) is 0 Å². The number of nitrogens with zero attached hydrogens (tertiary/aromatic N) is 1. The van der Waals surface area contributed by atoms with Crippen molar-refractivity contribution >= 4 is 35.6 Å². The molecule has 8 heteroatoms. The molecule has 3 rings (SSSR count). The Morgan fingerprint density at radius 1 is 1.07 bits per heavy atom. The van der Waals surface area contributed by atoms with Crippen molar-refractivity contribution in [3.05, 3.63) is 71.3 Å². The first-order valence-electron chi connectivity index (χ1n) is 9.45. The number of imidazole rings is 1. The van der Waals surface area contributed by atoms with Gasteiger partial charge in [-0.3, -0.25) is 14.7 Å². The van der Waals surface area contributed by atoms with E-state index in [1.54, 1.807) is 51.2 Å². The van der Waals surface area contributed by atoms with E-state index >= 15 is 0 Å². The Bertz CT molecular complexity index is 1090. The number of anilines is 2. The molecule has 0 fully saturated rings. The fourth-order valence-electron chi connectivity index (χ4n) is 2.78. The summed E-state index contributed by atoms with van der Waals surface area (Å²) < 4.78 is 7.63. The van der Waals surface area contributed by atoms with Gasteiger partial charge in [0, 0.05) is 29.5 Å². The van der Waals surface area contributed by atoms with E-state index in [1.807, 2.05) is 35.0 Å². The molecular formula is C22H24N4O3S. The van der Waals surface area contributed by atoms with Crippen LogP contribution >= 0.6 is 12.2 Å². The molecule has 7 nitrogen and oxygen atoms in total. The van der Waals surface area contributed by atoms with Crippen LogP contribution in [0.5, 0.6) is 0 Å². The largest absolute Gasteiger partial charge is 0.444 e. The topological polar surface area (TPSA) is 88.1 Å². The highest BCUT2D eigenvalue weighted by molar-refractivity contribution is 7.71. The fraction of sp³-hybridized carbons (Fsp3) is 0.227. The second kappa shape index (κ2) is 8.96. The van der Waals surface area contributed by atoms with Crippen LogP contribution in [-0.2, 0) is 16.0 Å². The molecule has 0 spiro atoms. The van der Waals surface area contributed by atoms with E-state index in [0.29, 0.717) is 16.1 Å². The highest BCUT2D eigenvalue weighted by atomic mass is 32.1. The highest BCUT2D eigenvalue weighted by Gasteiger charge is 2.16. The molecule has 3 N–H and O–H groups in total. The maximum absolute atomic E-state index is 12.4. The molecule has 0 radical (unpaired) electrons. The number of hydrogen-bond acceptors (Lipinski definition) is 4. The van der Waals surface area contributed by atoms with Crippen molar-refractivity contribution in [2.45, 2.75) is 32.8 Å². The summed E-state index contributed by atoms with van der Waals surface area (Å²) in [7, 11) is 0. The van der Waals surface area contributed by atoms with Crippen LogP contribution in [0, 0.1) is 4.77 Å². The number of benzene rings is 2. The quantitative estimate of drug-likeness (QED) is 0.499. The summed E-state index contributed by atoms with van der Waals surface area (Å²) in [6.45, 7) is 5.41. The van der Waals surface area contributed by atoms with Crippen molar-refractivity contribution in [3.63, 3.8) is 0 Å². The van der Waals surface area contributed by atoms with Gasteiger partial charge in [-0.1, -0.05) is 18.2 Å². The van der Waals surface area contributed by atoms with Crippen molar-refractivity contribution < 1.29 is 14.3 Å². The molecule has 1 heterocycles. The number of aromatic nitrogens is 2. The zero-order valence-corrected chi connectivity index (χ0v) is 17.9. The summed E-state index contributed by atoms with van der Waals surface area (Å²) in [6.07, 6.45) is 3.28. The SMILES string of the molecule is CC(C)(C)OC(=O)Nc1ccc(CC(=O)Nc2cccc(-n3cc[nH]c3=S)c2)cc1. The minimum absolute atomic E-state index is 0.141. The van der Waals surface area contributed by atoms with E-state index in [9.17, 15) is 9.59 Å². The zero-order valence-electron chi connectivity index (χ0n) is 17.1. The Morgan fingerprint density at radius 3 is 2.43 bits per heavy atom. The summed E-state index contributed by atoms with van der Waals surface area (Å²) in [4.78, 5) is 27.2. The highest BCUT2D eigenvalue weighted by Crippen LogP contribution is 2.17. The Morgan fingerprint density at radius 2 is 1.80 bits per heavy atom. The lowest BCUT2D eigenvalue weighted by molar-refractivity contribution is -0.115. The van der Waals surface area contributed by atoms with E-state index in [-0.39, 0.29) is 12.3 Å². The molecule has 0 aliphatic carbocycles. The van der Waals surface area contributed by atoms with Gasteiger partial charge in [-0.25, -0.2) is 4.79 Å². The fourth-order valence-corrected chi connectivity index (χ4v) is 3.01. The first kappa shape index (κ1) is 21.3. The number of carbonyl (C=O) groups excluding carboxylic acids is 2. The van der Waals surface area contributed by atoms with E-state index in [1.165, 1.54) is 0 Å². The van der Waals surface area contributed by atoms with Gasteiger partial charge in [-0.15, -0.1) is 0 Å². The lowest BCUT2D eigenvalue weighted by Crippen LogP contribution is -2.27. The van der Waals surface area contributed by atoms with Crippen LogP contribution in [0.15, 0.2) is 60.9 Å². The van der Waals surface area contributed by atoms with Gasteiger partial charge in [0.2, 0.25) is 5.91 Å². The van der Waals surface area contributed by atoms with E-state index in [0.717, 1.165) is 11.3 Å². The maximum atomic E-state index is 12.4. The molecule has 30 heavy (non-hydrogen) atoms. The predicted molar refractivity (Wildman–Crippen MR) is 120 cm³/mol. The van der Waals surface area contributed by atoms with Crippen LogP contribution < -0.4 is 10.6 Å². The van der Waals surface area contributed by atoms with Crippen LogP contribution in [0.4, 0.5) is 16.2 Å². The molecular weight excluding hydrogens is 400 g/mol. The Labute approximate surface area is 180 Å². The van der Waals surface area contributed by atoms with Crippen LogP contribution in [-0.4, -0.2) is 27.2 Å². The monoisotopic (exact) mass is 424 g/mol. The van der Waals surface area contributed by atoms with Gasteiger partial charge in [0.05, 0.1) is 6.42 Å². The normalized spacial score (nSPS) is 11.0. The summed E-state index contributed by atoms with van der Waals surface area (Å²) in [6, 6.07) is 14.5. The first-order chi connectivity index (χ1) is 14.2. The Hall–Kier alpha value is -3.39. The molecule has 0 saturated carbocycles. The summed E-state index contributed by atoms with van der Waals surface area (Å²) in [5.74, 6) is -0.141. The van der Waals surface area contributed by atoms with Gasteiger partial charge < -0.3 is 15.0 Å². The van der Waals surface area contributed by atoms with E-state index < -0.39 is 11.7 Å². The maximum Gasteiger partial charge on any atom is 0.412 e. The third-order valence-electron chi connectivity index (χ3n) is 4.02. The van der Waals surface area contributed by atoms with Crippen LogP contribution in [0.2, 0.25) is 0 Å². The van der Waals surface area contributed by atoms with E-state index in [2.05, 4.69) is 15.6 Å². The Balaban J connectivity index is 1.58. The van der Waals surface area contributed by atoms with Gasteiger partial charge in [0.15, 0.2) is 4.77 Å². The molecule has 2 aromatic carbocycles. The number of hydrogen-bond donors (Lipinski definition) is 3. The molecule has 2 amide bonds. The minimum Gasteiger partial charge on any atom is -0.444 e. The van der Waals surface area contributed by atoms with Crippen molar-refractivity contribution in [3.8, 4) is 5.69 Å². The molecule has 0 aliphatic heterocycles. The van der Waals surface area contributed by atoms with Crippen LogP contribution in [0.1, 0.15) is 26.3 Å². The molecule has 1 aromatic heterocycles. The van der Waals surface area contributed by atoms with Gasteiger partial charge in [0.25, 0.3) is 0 Å². The number of H-pyrrole nitrogens is 1. The van der Waals surface area contributed by atoms with Crippen molar-refractivity contribution in [2.24, 2.45) is 0 Å². The zero-order chi connectivity index (χ0) is 21.7. The number of aromatic amines is 1.